The van der Waals surface area contributed by atoms with Crippen LogP contribution in [0.1, 0.15) is 168 Å². The lowest BCUT2D eigenvalue weighted by Gasteiger charge is -2.20. The molecule has 0 aromatic carbocycles. The number of aliphatic hydroxyl groups excluding tert-OH is 2. The van der Waals surface area contributed by atoms with Gasteiger partial charge in [-0.3, -0.25) is 13.8 Å². The van der Waals surface area contributed by atoms with E-state index in [0.29, 0.717) is 13.0 Å². The first-order chi connectivity index (χ1) is 29.3. The lowest BCUT2D eigenvalue weighted by atomic mass is 10.1. The van der Waals surface area contributed by atoms with Gasteiger partial charge in [-0.15, -0.1) is 0 Å². The zero-order chi connectivity index (χ0) is 43.9. The Bertz CT molecular complexity index is 1250. The standard InChI is InChI=1S/C50H85O9P/c1-3-5-7-9-11-13-15-17-19-21-23-25-27-29-31-33-35-37-39-41-43-56-46-49(47-58-60(54,55)57-45-48(52)44-51)59-50(53)42-40-38-36-34-32-30-28-26-24-22-20-18-16-14-12-10-8-6-4-2/h6,8,11-14,17-20,24,26,30,32,36,38,48-49,51-52H,3-5,7,9-10,15-16,21-23,25,27-29,31,33-35,37,39-47H2,1-2H3,(H,54,55)/b8-6-,13-11-,14-12-,19-17-,20-18-,26-24-,32-30-,38-36-. The second-order valence-electron chi connectivity index (χ2n) is 15.0. The fourth-order valence-corrected chi connectivity index (χ4v) is 6.55. The topological polar surface area (TPSA) is 132 Å². The summed E-state index contributed by atoms with van der Waals surface area (Å²) in [6.45, 7) is 3.25. The monoisotopic (exact) mass is 861 g/mol. The maximum Gasteiger partial charge on any atom is 0.472 e. The van der Waals surface area contributed by atoms with Gasteiger partial charge in [0.2, 0.25) is 0 Å². The first kappa shape index (κ1) is 57.4. The lowest BCUT2D eigenvalue weighted by molar-refractivity contribution is -0.154. The van der Waals surface area contributed by atoms with Crippen molar-refractivity contribution < 1.29 is 43.0 Å². The number of carbonyl (C=O) groups is 1. The van der Waals surface area contributed by atoms with E-state index >= 15 is 0 Å². The minimum atomic E-state index is -4.55. The fraction of sp³-hybridized carbons (Fsp3) is 0.660. The predicted octanol–water partition coefficient (Wildman–Crippen LogP) is 13.3. The summed E-state index contributed by atoms with van der Waals surface area (Å²) in [6, 6.07) is 0. The molecule has 0 bridgehead atoms. The highest BCUT2D eigenvalue weighted by Crippen LogP contribution is 2.43. The minimum absolute atomic E-state index is 0.0108. The van der Waals surface area contributed by atoms with E-state index in [1.165, 1.54) is 77.0 Å². The van der Waals surface area contributed by atoms with E-state index in [2.05, 4.69) is 98.9 Å². The van der Waals surface area contributed by atoms with Crippen LogP contribution in [-0.2, 0) is 27.9 Å². The van der Waals surface area contributed by atoms with Crippen molar-refractivity contribution in [1.29, 1.82) is 0 Å². The van der Waals surface area contributed by atoms with Gasteiger partial charge in [0.05, 0.1) is 26.4 Å². The van der Waals surface area contributed by atoms with Gasteiger partial charge in [-0.1, -0.05) is 175 Å². The molecular weight excluding hydrogens is 776 g/mol. The summed E-state index contributed by atoms with van der Waals surface area (Å²) < 4.78 is 33.3. The molecule has 344 valence electrons. The molecule has 10 heteroatoms. The van der Waals surface area contributed by atoms with Crippen molar-refractivity contribution in [3.8, 4) is 0 Å². The van der Waals surface area contributed by atoms with Gasteiger partial charge >= 0.3 is 13.8 Å². The van der Waals surface area contributed by atoms with E-state index in [0.717, 1.165) is 64.2 Å². The van der Waals surface area contributed by atoms with Gasteiger partial charge in [0.25, 0.3) is 0 Å². The van der Waals surface area contributed by atoms with Crippen LogP contribution in [0, 0.1) is 0 Å². The number of aliphatic hydroxyl groups is 2. The molecule has 0 aliphatic carbocycles. The number of allylic oxidation sites excluding steroid dienone is 16. The molecule has 0 saturated carbocycles. The van der Waals surface area contributed by atoms with E-state index in [1.54, 1.807) is 0 Å². The zero-order valence-electron chi connectivity index (χ0n) is 37.6. The predicted molar refractivity (Wildman–Crippen MR) is 251 cm³/mol. The van der Waals surface area contributed by atoms with E-state index in [1.807, 2.05) is 12.2 Å². The Hall–Kier alpha value is -2.62. The van der Waals surface area contributed by atoms with E-state index in [-0.39, 0.29) is 13.0 Å². The zero-order valence-corrected chi connectivity index (χ0v) is 38.5. The molecule has 0 aromatic heterocycles. The Morgan fingerprint density at radius 2 is 0.950 bits per heavy atom. The highest BCUT2D eigenvalue weighted by Gasteiger charge is 2.26. The van der Waals surface area contributed by atoms with Crippen LogP contribution in [0.5, 0.6) is 0 Å². The van der Waals surface area contributed by atoms with E-state index < -0.39 is 45.8 Å². The molecular formula is C50H85O9P. The van der Waals surface area contributed by atoms with Gasteiger partial charge in [-0.05, 0) is 83.5 Å². The van der Waals surface area contributed by atoms with Gasteiger partial charge in [0.1, 0.15) is 12.2 Å². The Morgan fingerprint density at radius 3 is 1.43 bits per heavy atom. The third kappa shape index (κ3) is 44.9. The number of hydrogen-bond donors (Lipinski definition) is 3. The van der Waals surface area contributed by atoms with Crippen LogP contribution in [0.2, 0.25) is 0 Å². The molecule has 3 unspecified atom stereocenters. The largest absolute Gasteiger partial charge is 0.472 e. The summed E-state index contributed by atoms with van der Waals surface area (Å²) in [5, 5.41) is 18.4. The number of phosphoric ester groups is 1. The first-order valence-corrected chi connectivity index (χ1v) is 24.7. The maximum atomic E-state index is 12.6. The van der Waals surface area contributed by atoms with Crippen LogP contribution in [0.25, 0.3) is 0 Å². The number of hydrogen-bond acceptors (Lipinski definition) is 8. The summed E-state index contributed by atoms with van der Waals surface area (Å²) in [7, 11) is -4.55. The van der Waals surface area contributed by atoms with Crippen LogP contribution in [-0.4, -0.2) is 66.3 Å². The molecule has 0 aromatic rings. The second-order valence-corrected chi connectivity index (χ2v) is 16.5. The summed E-state index contributed by atoms with van der Waals surface area (Å²) in [6.07, 6.45) is 58.1. The van der Waals surface area contributed by atoms with Gasteiger partial charge < -0.3 is 24.6 Å². The van der Waals surface area contributed by atoms with Crippen molar-refractivity contribution in [1.82, 2.24) is 0 Å². The number of phosphoric acid groups is 1. The smallest absolute Gasteiger partial charge is 0.457 e. The molecule has 0 aliphatic heterocycles. The van der Waals surface area contributed by atoms with Crippen LogP contribution < -0.4 is 0 Å². The summed E-state index contributed by atoms with van der Waals surface area (Å²) in [5.41, 5.74) is 0. The third-order valence-electron chi connectivity index (χ3n) is 9.27. The van der Waals surface area contributed by atoms with Crippen molar-refractivity contribution in [3.05, 3.63) is 97.2 Å². The number of unbranched alkanes of at least 4 members (excludes halogenated alkanes) is 13. The summed E-state index contributed by atoms with van der Waals surface area (Å²) >= 11 is 0. The quantitative estimate of drug-likeness (QED) is 0.0237. The number of ether oxygens (including phenoxy) is 2. The molecule has 0 fully saturated rings. The molecule has 9 nitrogen and oxygen atoms in total. The average molecular weight is 861 g/mol. The Kier molecular flexibility index (Phi) is 43.9. The lowest BCUT2D eigenvalue weighted by Crippen LogP contribution is -2.29. The third-order valence-corrected chi connectivity index (χ3v) is 10.2. The molecule has 3 atom stereocenters. The molecule has 0 radical (unpaired) electrons. The van der Waals surface area contributed by atoms with Gasteiger partial charge in [0.15, 0.2) is 0 Å². The SMILES string of the molecule is CC/C=C\C/C=C\C/C=C\C/C=C\C/C=C\C/C=C\CCC(=O)OC(COCCCCCCCCCCCC/C=C\C/C=C\CCCCC)COP(=O)(O)OCC(O)CO. The average Bonchev–Trinajstić information content (AvgIpc) is 3.24. The fourth-order valence-electron chi connectivity index (χ4n) is 5.76. The Morgan fingerprint density at radius 1 is 0.533 bits per heavy atom. The number of rotatable bonds is 43. The molecule has 0 spiro atoms. The van der Waals surface area contributed by atoms with Crippen molar-refractivity contribution >= 4 is 13.8 Å². The molecule has 60 heavy (non-hydrogen) atoms. The Labute approximate surface area is 366 Å². The van der Waals surface area contributed by atoms with Gasteiger partial charge in [-0.2, -0.15) is 0 Å². The number of carbonyl (C=O) groups excluding carboxylic acids is 1. The Balaban J connectivity index is 4.27. The highest BCUT2D eigenvalue weighted by atomic mass is 31.2. The number of esters is 1. The van der Waals surface area contributed by atoms with E-state index in [9.17, 15) is 19.4 Å². The van der Waals surface area contributed by atoms with Gasteiger partial charge in [-0.25, -0.2) is 4.57 Å². The molecule has 0 aliphatic rings. The summed E-state index contributed by atoms with van der Waals surface area (Å²) in [5.74, 6) is -0.468. The van der Waals surface area contributed by atoms with Crippen LogP contribution >= 0.6 is 7.82 Å². The van der Waals surface area contributed by atoms with Gasteiger partial charge in [0, 0.05) is 13.0 Å². The van der Waals surface area contributed by atoms with Crippen molar-refractivity contribution in [2.75, 3.05) is 33.0 Å². The maximum absolute atomic E-state index is 12.6. The first-order valence-electron chi connectivity index (χ1n) is 23.2. The second kappa shape index (κ2) is 45.9. The molecule has 0 amide bonds. The minimum Gasteiger partial charge on any atom is -0.457 e. The molecule has 3 N–H and O–H groups in total. The van der Waals surface area contributed by atoms with Crippen LogP contribution in [0.15, 0.2) is 97.2 Å². The van der Waals surface area contributed by atoms with Crippen molar-refractivity contribution in [2.24, 2.45) is 0 Å². The van der Waals surface area contributed by atoms with Crippen LogP contribution in [0.3, 0.4) is 0 Å². The summed E-state index contributed by atoms with van der Waals surface area (Å²) in [4.78, 5) is 22.6. The van der Waals surface area contributed by atoms with Crippen LogP contribution in [0.4, 0.5) is 0 Å². The molecule has 0 saturated heterocycles. The highest BCUT2D eigenvalue weighted by molar-refractivity contribution is 7.47. The van der Waals surface area contributed by atoms with Crippen molar-refractivity contribution in [2.45, 2.75) is 180 Å². The molecule has 0 rings (SSSR count). The van der Waals surface area contributed by atoms with E-state index in [4.69, 9.17) is 23.6 Å². The van der Waals surface area contributed by atoms with Crippen molar-refractivity contribution in [3.63, 3.8) is 0 Å². The normalized spacial score (nSPS) is 14.8. The molecule has 0 heterocycles.